The van der Waals surface area contributed by atoms with E-state index in [0.717, 1.165) is 0 Å². The summed E-state index contributed by atoms with van der Waals surface area (Å²) < 4.78 is 23.6. The standard InChI is InChI=1S/C14H17ClO4S/c1-9(2)10-7-14(8-10,13(16)17)20(18,19)12-5-3-11(15)4-6-12/h3-6,9-10H,7-8H2,1-2H3,(H,16,17). The molecule has 0 aliphatic heterocycles. The van der Waals surface area contributed by atoms with Crippen molar-refractivity contribution in [2.75, 3.05) is 0 Å². The lowest BCUT2D eigenvalue weighted by Gasteiger charge is -2.45. The Kier molecular flexibility index (Phi) is 3.86. The quantitative estimate of drug-likeness (QED) is 0.927. The summed E-state index contributed by atoms with van der Waals surface area (Å²) in [4.78, 5) is 11.6. The van der Waals surface area contributed by atoms with Crippen molar-refractivity contribution in [3.05, 3.63) is 29.3 Å². The second-order valence-electron chi connectivity index (χ2n) is 5.67. The predicted octanol–water partition coefficient (Wildman–Crippen LogP) is 3.00. The van der Waals surface area contributed by atoms with Gasteiger partial charge >= 0.3 is 5.97 Å². The molecule has 0 heterocycles. The molecule has 6 heteroatoms. The van der Waals surface area contributed by atoms with Crippen LogP contribution in [0.5, 0.6) is 0 Å². The third-order valence-electron chi connectivity index (χ3n) is 4.15. The fraction of sp³-hybridized carbons (Fsp3) is 0.500. The van der Waals surface area contributed by atoms with Crippen LogP contribution in [-0.4, -0.2) is 24.2 Å². The molecule has 0 bridgehead atoms. The lowest BCUT2D eigenvalue weighted by Crippen LogP contribution is -2.57. The largest absolute Gasteiger partial charge is 0.480 e. The minimum atomic E-state index is -3.90. The molecule has 1 N–H and O–H groups in total. The van der Waals surface area contributed by atoms with Crippen molar-refractivity contribution in [2.45, 2.75) is 36.3 Å². The van der Waals surface area contributed by atoms with Crippen molar-refractivity contribution in [1.29, 1.82) is 0 Å². The lowest BCUT2D eigenvalue weighted by atomic mass is 9.69. The molecule has 1 aromatic rings. The maximum absolute atomic E-state index is 12.6. The van der Waals surface area contributed by atoms with Crippen molar-refractivity contribution >= 4 is 27.4 Å². The van der Waals surface area contributed by atoms with Gasteiger partial charge in [-0.15, -0.1) is 0 Å². The molecule has 1 aliphatic rings. The maximum Gasteiger partial charge on any atom is 0.325 e. The minimum Gasteiger partial charge on any atom is -0.480 e. The number of sulfone groups is 1. The first-order chi connectivity index (χ1) is 9.20. The van der Waals surface area contributed by atoms with Gasteiger partial charge in [0.25, 0.3) is 0 Å². The summed E-state index contributed by atoms with van der Waals surface area (Å²) in [5, 5.41) is 9.85. The molecule has 0 saturated heterocycles. The number of aliphatic carboxylic acids is 1. The Morgan fingerprint density at radius 3 is 2.20 bits per heavy atom. The second kappa shape index (κ2) is 5.04. The van der Waals surface area contributed by atoms with Crippen LogP contribution in [0.4, 0.5) is 0 Å². The molecule has 110 valence electrons. The van der Waals surface area contributed by atoms with Gasteiger partial charge in [-0.1, -0.05) is 25.4 Å². The van der Waals surface area contributed by atoms with Crippen molar-refractivity contribution in [3.8, 4) is 0 Å². The third kappa shape index (κ3) is 2.23. The fourth-order valence-electron chi connectivity index (χ4n) is 2.61. The minimum absolute atomic E-state index is 0.0199. The Balaban J connectivity index is 2.41. The maximum atomic E-state index is 12.6. The van der Waals surface area contributed by atoms with Gasteiger partial charge in [-0.05, 0) is 48.9 Å². The van der Waals surface area contributed by atoms with E-state index in [1.807, 2.05) is 13.8 Å². The van der Waals surface area contributed by atoms with E-state index in [1.54, 1.807) is 0 Å². The summed E-state index contributed by atoms with van der Waals surface area (Å²) in [6.07, 6.45) is 0.343. The van der Waals surface area contributed by atoms with Crippen LogP contribution in [-0.2, 0) is 14.6 Å². The number of hydrogen-bond acceptors (Lipinski definition) is 3. The average molecular weight is 317 g/mol. The molecule has 0 radical (unpaired) electrons. The van der Waals surface area contributed by atoms with Crippen LogP contribution in [0.1, 0.15) is 26.7 Å². The van der Waals surface area contributed by atoms with Crippen LogP contribution in [0.25, 0.3) is 0 Å². The Morgan fingerprint density at radius 1 is 1.30 bits per heavy atom. The zero-order chi connectivity index (χ0) is 15.1. The zero-order valence-corrected chi connectivity index (χ0v) is 12.9. The van der Waals surface area contributed by atoms with E-state index in [9.17, 15) is 18.3 Å². The predicted molar refractivity (Wildman–Crippen MR) is 76.6 cm³/mol. The summed E-state index contributed by atoms with van der Waals surface area (Å²) in [6.45, 7) is 3.96. The van der Waals surface area contributed by atoms with Crippen molar-refractivity contribution in [2.24, 2.45) is 11.8 Å². The highest BCUT2D eigenvalue weighted by atomic mass is 35.5. The van der Waals surface area contributed by atoms with Crippen molar-refractivity contribution < 1.29 is 18.3 Å². The van der Waals surface area contributed by atoms with Crippen LogP contribution in [0.15, 0.2) is 29.2 Å². The number of rotatable bonds is 4. The number of benzene rings is 1. The van der Waals surface area contributed by atoms with E-state index in [0.29, 0.717) is 5.02 Å². The molecular weight excluding hydrogens is 300 g/mol. The summed E-state index contributed by atoms with van der Waals surface area (Å²) >= 11 is 5.74. The third-order valence-corrected chi connectivity index (χ3v) is 6.84. The van der Waals surface area contributed by atoms with E-state index < -0.39 is 20.6 Å². The molecular formula is C14H17ClO4S. The fourth-order valence-corrected chi connectivity index (χ4v) is 4.78. The van der Waals surface area contributed by atoms with Gasteiger partial charge < -0.3 is 5.11 Å². The van der Waals surface area contributed by atoms with E-state index in [4.69, 9.17) is 11.6 Å². The highest BCUT2D eigenvalue weighted by molar-refractivity contribution is 7.93. The summed E-state index contributed by atoms with van der Waals surface area (Å²) in [6, 6.07) is 5.65. The Labute approximate surface area is 123 Å². The summed E-state index contributed by atoms with van der Waals surface area (Å²) in [5.74, 6) is -0.847. The SMILES string of the molecule is CC(C)C1CC(C(=O)O)(S(=O)(=O)c2ccc(Cl)cc2)C1. The molecule has 0 atom stereocenters. The number of carboxylic acid groups (broad SMARTS) is 1. The smallest absolute Gasteiger partial charge is 0.325 e. The number of hydrogen-bond donors (Lipinski definition) is 1. The summed E-state index contributed by atoms with van der Waals surface area (Å²) in [5.41, 5.74) is 0. The van der Waals surface area contributed by atoms with Gasteiger partial charge in [-0.3, -0.25) is 4.79 Å². The average Bonchev–Trinajstić information content (AvgIpc) is 2.26. The van der Waals surface area contributed by atoms with Crippen molar-refractivity contribution in [3.63, 3.8) is 0 Å². The Bertz CT molecular complexity index is 613. The number of carbonyl (C=O) groups is 1. The normalized spacial score (nSPS) is 26.3. The van der Waals surface area contributed by atoms with Crippen molar-refractivity contribution in [1.82, 2.24) is 0 Å². The molecule has 1 aromatic carbocycles. The lowest BCUT2D eigenvalue weighted by molar-refractivity contribution is -0.144. The highest BCUT2D eigenvalue weighted by Gasteiger charge is 2.60. The van der Waals surface area contributed by atoms with E-state index >= 15 is 0 Å². The van der Waals surface area contributed by atoms with Gasteiger partial charge in [0.15, 0.2) is 14.6 Å². The first-order valence-electron chi connectivity index (χ1n) is 6.44. The van der Waals surface area contributed by atoms with Gasteiger partial charge in [-0.25, -0.2) is 8.42 Å². The van der Waals surface area contributed by atoms with E-state index in [2.05, 4.69) is 0 Å². The molecule has 20 heavy (non-hydrogen) atoms. The van der Waals surface area contributed by atoms with Crippen LogP contribution in [0, 0.1) is 11.8 Å². The first-order valence-corrected chi connectivity index (χ1v) is 8.30. The molecule has 0 spiro atoms. The number of carboxylic acids is 1. The van der Waals surface area contributed by atoms with Crippen LogP contribution in [0.2, 0.25) is 5.02 Å². The number of halogens is 1. The van der Waals surface area contributed by atoms with Crippen LogP contribution >= 0.6 is 11.6 Å². The zero-order valence-electron chi connectivity index (χ0n) is 11.3. The molecule has 0 unspecified atom stereocenters. The van der Waals surface area contributed by atoms with E-state index in [-0.39, 0.29) is 29.6 Å². The molecule has 1 fully saturated rings. The van der Waals surface area contributed by atoms with Crippen LogP contribution in [0.3, 0.4) is 0 Å². The molecule has 0 aromatic heterocycles. The Hall–Kier alpha value is -1.07. The second-order valence-corrected chi connectivity index (χ2v) is 8.37. The highest BCUT2D eigenvalue weighted by Crippen LogP contribution is 2.49. The van der Waals surface area contributed by atoms with Gasteiger partial charge in [0.1, 0.15) is 0 Å². The summed E-state index contributed by atoms with van der Waals surface area (Å²) in [7, 11) is -3.90. The van der Waals surface area contributed by atoms with Gasteiger partial charge in [0, 0.05) is 5.02 Å². The molecule has 4 nitrogen and oxygen atoms in total. The van der Waals surface area contributed by atoms with Gasteiger partial charge in [0.2, 0.25) is 0 Å². The first kappa shape index (κ1) is 15.3. The van der Waals surface area contributed by atoms with Gasteiger partial charge in [0.05, 0.1) is 4.90 Å². The topological polar surface area (TPSA) is 71.4 Å². The Morgan fingerprint density at radius 2 is 1.80 bits per heavy atom. The van der Waals surface area contributed by atoms with Gasteiger partial charge in [-0.2, -0.15) is 0 Å². The molecule has 1 saturated carbocycles. The van der Waals surface area contributed by atoms with E-state index in [1.165, 1.54) is 24.3 Å². The molecule has 0 amide bonds. The molecule has 1 aliphatic carbocycles. The van der Waals surface area contributed by atoms with Crippen LogP contribution < -0.4 is 0 Å². The molecule has 2 rings (SSSR count). The monoisotopic (exact) mass is 316 g/mol.